The Balaban J connectivity index is 2.30. The van der Waals surface area contributed by atoms with Crippen LogP contribution in [0.1, 0.15) is 18.5 Å². The zero-order valence-corrected chi connectivity index (χ0v) is 11.1. The van der Waals surface area contributed by atoms with E-state index in [-0.39, 0.29) is 24.3 Å². The Kier molecular flexibility index (Phi) is 4.32. The summed E-state index contributed by atoms with van der Waals surface area (Å²) in [6.45, 7) is 1.18. The molecule has 1 atom stereocenters. The van der Waals surface area contributed by atoms with Crippen molar-refractivity contribution in [3.63, 3.8) is 0 Å². The Bertz CT molecular complexity index is 467. The van der Waals surface area contributed by atoms with E-state index >= 15 is 0 Å². The van der Waals surface area contributed by atoms with Gasteiger partial charge in [0.2, 0.25) is 5.95 Å². The second kappa shape index (κ2) is 5.82. The third-order valence-electron chi connectivity index (χ3n) is 3.33. The van der Waals surface area contributed by atoms with E-state index in [9.17, 15) is 18.3 Å². The van der Waals surface area contributed by atoms with Crippen molar-refractivity contribution in [3.05, 3.63) is 11.8 Å². The number of nitrogens with one attached hydrogen (secondary N) is 1. The molecule has 2 heterocycles. The van der Waals surface area contributed by atoms with Crippen LogP contribution in [-0.2, 0) is 6.18 Å². The van der Waals surface area contributed by atoms with Crippen LogP contribution in [0.3, 0.4) is 0 Å². The molecule has 8 heteroatoms. The quantitative estimate of drug-likeness (QED) is 0.888. The molecule has 0 spiro atoms. The van der Waals surface area contributed by atoms with Gasteiger partial charge in [-0.1, -0.05) is 0 Å². The van der Waals surface area contributed by atoms with Gasteiger partial charge >= 0.3 is 6.18 Å². The fourth-order valence-electron chi connectivity index (χ4n) is 2.28. The highest BCUT2D eigenvalue weighted by Crippen LogP contribution is 2.31. The lowest BCUT2D eigenvalue weighted by atomic mass is 9.99. The van der Waals surface area contributed by atoms with E-state index in [1.54, 1.807) is 4.90 Å². The normalized spacial score (nSPS) is 20.1. The molecule has 1 aliphatic rings. The molecule has 1 aromatic rings. The number of hydrogen-bond acceptors (Lipinski definition) is 5. The smallest absolute Gasteiger partial charge is 0.396 e. The molecular formula is C12H17F3N4O. The van der Waals surface area contributed by atoms with Crippen molar-refractivity contribution in [2.24, 2.45) is 5.92 Å². The van der Waals surface area contributed by atoms with Gasteiger partial charge in [0.1, 0.15) is 5.82 Å². The summed E-state index contributed by atoms with van der Waals surface area (Å²) in [5.74, 6) is 0.266. The molecule has 112 valence electrons. The minimum Gasteiger partial charge on any atom is -0.396 e. The van der Waals surface area contributed by atoms with Crippen molar-refractivity contribution in [2.75, 3.05) is 37.0 Å². The Morgan fingerprint density at radius 3 is 2.80 bits per heavy atom. The van der Waals surface area contributed by atoms with E-state index in [1.165, 1.54) is 7.05 Å². The van der Waals surface area contributed by atoms with Gasteiger partial charge in [-0.25, -0.2) is 4.98 Å². The second-order valence-corrected chi connectivity index (χ2v) is 4.82. The van der Waals surface area contributed by atoms with Crippen LogP contribution in [0, 0.1) is 5.92 Å². The van der Waals surface area contributed by atoms with Crippen LogP contribution in [0.25, 0.3) is 0 Å². The van der Waals surface area contributed by atoms with Crippen molar-refractivity contribution < 1.29 is 18.3 Å². The summed E-state index contributed by atoms with van der Waals surface area (Å²) in [6.07, 6.45) is -2.80. The molecule has 1 saturated heterocycles. The van der Waals surface area contributed by atoms with Gasteiger partial charge in [-0.3, -0.25) is 0 Å². The van der Waals surface area contributed by atoms with Crippen molar-refractivity contribution in [3.8, 4) is 0 Å². The molecule has 2 rings (SSSR count). The van der Waals surface area contributed by atoms with E-state index in [1.807, 2.05) is 0 Å². The maximum absolute atomic E-state index is 12.8. The van der Waals surface area contributed by atoms with E-state index in [0.29, 0.717) is 13.1 Å². The van der Waals surface area contributed by atoms with Gasteiger partial charge in [0.15, 0.2) is 5.69 Å². The highest BCUT2D eigenvalue weighted by molar-refractivity contribution is 5.45. The number of aliphatic hydroxyl groups excluding tert-OH is 1. The average Bonchev–Trinajstić information content (AvgIpc) is 2.46. The van der Waals surface area contributed by atoms with Gasteiger partial charge < -0.3 is 15.3 Å². The van der Waals surface area contributed by atoms with E-state index in [2.05, 4.69) is 15.3 Å². The summed E-state index contributed by atoms with van der Waals surface area (Å²) in [5.41, 5.74) is -0.960. The predicted molar refractivity (Wildman–Crippen MR) is 68.6 cm³/mol. The van der Waals surface area contributed by atoms with Gasteiger partial charge in [-0.15, -0.1) is 0 Å². The number of hydrogen-bond donors (Lipinski definition) is 2. The number of nitrogens with zero attached hydrogens (tertiary/aromatic N) is 3. The minimum atomic E-state index is -4.50. The third kappa shape index (κ3) is 3.30. The highest BCUT2D eigenvalue weighted by Gasteiger charge is 2.34. The molecule has 1 aromatic heterocycles. The van der Waals surface area contributed by atoms with Gasteiger partial charge in [-0.05, 0) is 18.8 Å². The number of piperidine rings is 1. The largest absolute Gasteiger partial charge is 0.433 e. The summed E-state index contributed by atoms with van der Waals surface area (Å²) in [6, 6.07) is 0.959. The number of rotatable bonds is 3. The van der Waals surface area contributed by atoms with Gasteiger partial charge in [0, 0.05) is 32.8 Å². The summed E-state index contributed by atoms with van der Waals surface area (Å²) in [7, 11) is 1.48. The van der Waals surface area contributed by atoms with Crippen molar-refractivity contribution in [1.29, 1.82) is 0 Å². The Morgan fingerprint density at radius 2 is 2.20 bits per heavy atom. The summed E-state index contributed by atoms with van der Waals surface area (Å²) in [5, 5.41) is 11.7. The van der Waals surface area contributed by atoms with Crippen LogP contribution in [0.4, 0.5) is 24.9 Å². The van der Waals surface area contributed by atoms with Crippen LogP contribution in [0.15, 0.2) is 6.07 Å². The molecule has 1 unspecified atom stereocenters. The average molecular weight is 290 g/mol. The first-order chi connectivity index (χ1) is 9.44. The lowest BCUT2D eigenvalue weighted by Gasteiger charge is -2.33. The third-order valence-corrected chi connectivity index (χ3v) is 3.33. The molecule has 1 fully saturated rings. The maximum Gasteiger partial charge on any atom is 0.433 e. The maximum atomic E-state index is 12.8. The van der Waals surface area contributed by atoms with Crippen LogP contribution in [0.5, 0.6) is 0 Å². The molecular weight excluding hydrogens is 273 g/mol. The molecule has 0 radical (unpaired) electrons. The Morgan fingerprint density at radius 1 is 1.45 bits per heavy atom. The predicted octanol–water partition coefficient (Wildman–Crippen LogP) is 1.75. The summed E-state index contributed by atoms with van der Waals surface area (Å²) in [4.78, 5) is 9.28. The van der Waals surface area contributed by atoms with Crippen LogP contribution in [-0.4, -0.2) is 41.8 Å². The first-order valence-electron chi connectivity index (χ1n) is 6.44. The molecule has 0 aromatic carbocycles. The van der Waals surface area contributed by atoms with Crippen LogP contribution in [0.2, 0.25) is 0 Å². The molecule has 0 bridgehead atoms. The zero-order valence-electron chi connectivity index (χ0n) is 11.1. The highest BCUT2D eigenvalue weighted by atomic mass is 19.4. The van der Waals surface area contributed by atoms with E-state index in [0.717, 1.165) is 18.9 Å². The van der Waals surface area contributed by atoms with E-state index in [4.69, 9.17) is 0 Å². The molecule has 0 saturated carbocycles. The first kappa shape index (κ1) is 14.8. The van der Waals surface area contributed by atoms with Crippen molar-refractivity contribution >= 4 is 11.8 Å². The monoisotopic (exact) mass is 290 g/mol. The fourth-order valence-corrected chi connectivity index (χ4v) is 2.28. The minimum absolute atomic E-state index is 0.0343. The van der Waals surface area contributed by atoms with E-state index < -0.39 is 11.9 Å². The molecule has 1 aliphatic heterocycles. The number of aromatic nitrogens is 2. The van der Waals surface area contributed by atoms with Gasteiger partial charge in [0.05, 0.1) is 0 Å². The topological polar surface area (TPSA) is 61.3 Å². The van der Waals surface area contributed by atoms with Crippen LogP contribution < -0.4 is 10.2 Å². The lowest BCUT2D eigenvalue weighted by molar-refractivity contribution is -0.141. The number of halogens is 3. The summed E-state index contributed by atoms with van der Waals surface area (Å²) >= 11 is 0. The van der Waals surface area contributed by atoms with Crippen LogP contribution >= 0.6 is 0 Å². The fraction of sp³-hybridized carbons (Fsp3) is 0.667. The van der Waals surface area contributed by atoms with Gasteiger partial charge in [-0.2, -0.15) is 18.2 Å². The second-order valence-electron chi connectivity index (χ2n) is 4.82. The molecule has 20 heavy (non-hydrogen) atoms. The molecule has 0 amide bonds. The lowest BCUT2D eigenvalue weighted by Crippen LogP contribution is -2.37. The molecule has 2 N–H and O–H groups in total. The Labute approximate surface area is 114 Å². The molecule has 5 nitrogen and oxygen atoms in total. The number of alkyl halides is 3. The zero-order chi connectivity index (χ0) is 14.8. The SMILES string of the molecule is CNc1nc(N2CCCC(CO)C2)cc(C(F)(F)F)n1. The Hall–Kier alpha value is -1.57. The van der Waals surface area contributed by atoms with Crippen molar-refractivity contribution in [2.45, 2.75) is 19.0 Å². The standard InChI is InChI=1S/C12H17F3N4O/c1-16-11-17-9(12(13,14)15)5-10(18-11)19-4-2-3-8(6-19)7-20/h5,8,20H,2-4,6-7H2,1H3,(H,16,17,18). The summed E-state index contributed by atoms with van der Waals surface area (Å²) < 4.78 is 38.5. The first-order valence-corrected chi connectivity index (χ1v) is 6.44. The van der Waals surface area contributed by atoms with Gasteiger partial charge in [0.25, 0.3) is 0 Å². The van der Waals surface area contributed by atoms with Crippen molar-refractivity contribution in [1.82, 2.24) is 9.97 Å². The number of aliphatic hydroxyl groups is 1. The number of anilines is 2. The molecule has 0 aliphatic carbocycles.